The van der Waals surface area contributed by atoms with E-state index in [9.17, 15) is 0 Å². The third-order valence-corrected chi connectivity index (χ3v) is 4.60. The lowest BCUT2D eigenvalue weighted by atomic mass is 9.81. The van der Waals surface area contributed by atoms with E-state index >= 15 is 0 Å². The van der Waals surface area contributed by atoms with Gasteiger partial charge in [-0.15, -0.1) is 0 Å². The first-order chi connectivity index (χ1) is 7.33. The molecule has 0 aromatic heterocycles. The lowest BCUT2D eigenvalue weighted by molar-refractivity contribution is 0.257. The van der Waals surface area contributed by atoms with Crippen molar-refractivity contribution in [2.45, 2.75) is 52.4 Å². The zero-order valence-electron chi connectivity index (χ0n) is 10.5. The fraction of sp³-hybridized carbons (Fsp3) is 1.00. The highest BCUT2D eigenvalue weighted by Crippen LogP contribution is 2.41. The molecule has 1 rings (SSSR count). The Bertz CT molecular complexity index is 153. The van der Waals surface area contributed by atoms with Gasteiger partial charge in [0.15, 0.2) is 0 Å². The number of thioether (sulfide) groups is 1. The van der Waals surface area contributed by atoms with Crippen LogP contribution in [-0.2, 0) is 0 Å². The Balaban J connectivity index is 2.23. The number of nitrogens with one attached hydrogen (secondary N) is 1. The molecule has 0 amide bonds. The van der Waals surface area contributed by atoms with Crippen LogP contribution in [0.2, 0.25) is 0 Å². The van der Waals surface area contributed by atoms with Crippen molar-refractivity contribution in [3.05, 3.63) is 0 Å². The van der Waals surface area contributed by atoms with Crippen molar-refractivity contribution in [1.29, 1.82) is 0 Å². The van der Waals surface area contributed by atoms with Crippen molar-refractivity contribution in [2.24, 2.45) is 5.41 Å². The molecule has 0 spiro atoms. The Labute approximate surface area is 99.8 Å². The van der Waals surface area contributed by atoms with Gasteiger partial charge in [0.1, 0.15) is 0 Å². The summed E-state index contributed by atoms with van der Waals surface area (Å²) in [5, 5.41) is 3.57. The van der Waals surface area contributed by atoms with Gasteiger partial charge in [0.2, 0.25) is 0 Å². The molecule has 0 atom stereocenters. The van der Waals surface area contributed by atoms with Crippen LogP contribution in [0.5, 0.6) is 0 Å². The highest BCUT2D eigenvalue weighted by Gasteiger charge is 2.32. The zero-order valence-corrected chi connectivity index (χ0v) is 11.3. The molecule has 2 heteroatoms. The van der Waals surface area contributed by atoms with E-state index in [0.717, 1.165) is 6.54 Å². The molecule has 0 aromatic rings. The van der Waals surface area contributed by atoms with Crippen LogP contribution in [0.4, 0.5) is 0 Å². The molecule has 1 aliphatic carbocycles. The van der Waals surface area contributed by atoms with E-state index < -0.39 is 0 Å². The molecule has 0 aromatic carbocycles. The Hall–Kier alpha value is 0.310. The largest absolute Gasteiger partial charge is 0.316 e. The molecule has 1 N–H and O–H groups in total. The maximum absolute atomic E-state index is 3.57. The van der Waals surface area contributed by atoms with Crippen LogP contribution in [-0.4, -0.2) is 24.6 Å². The second-order valence-electron chi connectivity index (χ2n) is 4.79. The van der Waals surface area contributed by atoms with Crippen molar-refractivity contribution in [3.63, 3.8) is 0 Å². The average molecular weight is 229 g/mol. The van der Waals surface area contributed by atoms with E-state index in [4.69, 9.17) is 0 Å². The number of hydrogen-bond donors (Lipinski definition) is 1. The first kappa shape index (κ1) is 13.4. The van der Waals surface area contributed by atoms with Crippen LogP contribution in [0, 0.1) is 5.41 Å². The molecular formula is C13H27NS. The summed E-state index contributed by atoms with van der Waals surface area (Å²) in [7, 11) is 0. The topological polar surface area (TPSA) is 12.0 Å². The van der Waals surface area contributed by atoms with Crippen LogP contribution < -0.4 is 5.32 Å². The van der Waals surface area contributed by atoms with Crippen molar-refractivity contribution >= 4 is 11.8 Å². The lowest BCUT2D eigenvalue weighted by Crippen LogP contribution is -2.32. The van der Waals surface area contributed by atoms with E-state index in [0.29, 0.717) is 5.41 Å². The van der Waals surface area contributed by atoms with E-state index in [1.54, 1.807) is 0 Å². The molecule has 0 aliphatic heterocycles. The van der Waals surface area contributed by atoms with Crippen molar-refractivity contribution in [1.82, 2.24) is 5.32 Å². The van der Waals surface area contributed by atoms with Crippen LogP contribution in [0.1, 0.15) is 52.4 Å². The Morgan fingerprint density at radius 2 is 1.93 bits per heavy atom. The lowest BCUT2D eigenvalue weighted by Gasteiger charge is -2.29. The SMILES string of the molecule is CCNCC1(CCCSCC)CCCC1. The first-order valence-corrected chi connectivity index (χ1v) is 7.77. The second kappa shape index (κ2) is 7.56. The quantitative estimate of drug-likeness (QED) is 0.637. The summed E-state index contributed by atoms with van der Waals surface area (Å²) in [5.74, 6) is 2.64. The van der Waals surface area contributed by atoms with Gasteiger partial charge in [-0.2, -0.15) is 11.8 Å². The van der Waals surface area contributed by atoms with E-state index in [1.807, 2.05) is 0 Å². The molecule has 1 fully saturated rings. The Morgan fingerprint density at radius 3 is 2.53 bits per heavy atom. The van der Waals surface area contributed by atoms with Gasteiger partial charge in [0.05, 0.1) is 0 Å². The van der Waals surface area contributed by atoms with Gasteiger partial charge < -0.3 is 5.32 Å². The van der Waals surface area contributed by atoms with Crippen LogP contribution in [0.25, 0.3) is 0 Å². The van der Waals surface area contributed by atoms with Gasteiger partial charge in [-0.1, -0.05) is 26.7 Å². The van der Waals surface area contributed by atoms with E-state index in [2.05, 4.69) is 30.9 Å². The minimum Gasteiger partial charge on any atom is -0.316 e. The number of rotatable bonds is 8. The van der Waals surface area contributed by atoms with Crippen molar-refractivity contribution in [3.8, 4) is 0 Å². The van der Waals surface area contributed by atoms with Gasteiger partial charge in [-0.05, 0) is 49.1 Å². The summed E-state index contributed by atoms with van der Waals surface area (Å²) in [5.41, 5.74) is 0.671. The number of hydrogen-bond acceptors (Lipinski definition) is 2. The summed E-state index contributed by atoms with van der Waals surface area (Å²) in [6.07, 6.45) is 8.74. The van der Waals surface area contributed by atoms with Crippen LogP contribution >= 0.6 is 11.8 Å². The molecule has 1 saturated carbocycles. The normalized spacial score (nSPS) is 19.6. The maximum Gasteiger partial charge on any atom is 0.000769 e. The van der Waals surface area contributed by atoms with Crippen LogP contribution in [0.15, 0.2) is 0 Å². The molecule has 1 aliphatic rings. The second-order valence-corrected chi connectivity index (χ2v) is 6.18. The summed E-state index contributed by atoms with van der Waals surface area (Å²) >= 11 is 2.09. The molecule has 1 nitrogen and oxygen atoms in total. The standard InChI is InChI=1S/C13H27NS/c1-3-14-12-13(8-5-6-9-13)10-7-11-15-4-2/h14H,3-12H2,1-2H3. The monoisotopic (exact) mass is 229 g/mol. The van der Waals surface area contributed by atoms with Crippen molar-refractivity contribution in [2.75, 3.05) is 24.6 Å². The van der Waals surface area contributed by atoms with Gasteiger partial charge in [0, 0.05) is 6.54 Å². The molecule has 90 valence electrons. The highest BCUT2D eigenvalue weighted by atomic mass is 32.2. The van der Waals surface area contributed by atoms with Crippen LogP contribution in [0.3, 0.4) is 0 Å². The molecule has 0 saturated heterocycles. The summed E-state index contributed by atoms with van der Waals surface area (Å²) in [6.45, 7) is 6.87. The van der Waals surface area contributed by atoms with Crippen molar-refractivity contribution < 1.29 is 0 Å². The molecule has 0 heterocycles. The summed E-state index contributed by atoms with van der Waals surface area (Å²) < 4.78 is 0. The highest BCUT2D eigenvalue weighted by molar-refractivity contribution is 7.99. The molecule has 0 radical (unpaired) electrons. The van der Waals surface area contributed by atoms with E-state index in [1.165, 1.54) is 56.6 Å². The summed E-state index contributed by atoms with van der Waals surface area (Å²) in [4.78, 5) is 0. The average Bonchev–Trinajstić information content (AvgIpc) is 2.71. The minimum absolute atomic E-state index is 0.671. The minimum atomic E-state index is 0.671. The Morgan fingerprint density at radius 1 is 1.20 bits per heavy atom. The first-order valence-electron chi connectivity index (χ1n) is 6.61. The van der Waals surface area contributed by atoms with E-state index in [-0.39, 0.29) is 0 Å². The van der Waals surface area contributed by atoms with Gasteiger partial charge in [-0.25, -0.2) is 0 Å². The maximum atomic E-state index is 3.57. The third-order valence-electron chi connectivity index (χ3n) is 3.61. The third kappa shape index (κ3) is 4.78. The fourth-order valence-electron chi connectivity index (χ4n) is 2.72. The van der Waals surface area contributed by atoms with Gasteiger partial charge >= 0.3 is 0 Å². The predicted octanol–water partition coefficient (Wildman–Crippen LogP) is 3.69. The molecule has 0 unspecified atom stereocenters. The smallest absolute Gasteiger partial charge is 0.000769 e. The Kier molecular flexibility index (Phi) is 6.74. The zero-order chi connectivity index (χ0) is 11.0. The predicted molar refractivity (Wildman–Crippen MR) is 71.7 cm³/mol. The fourth-order valence-corrected chi connectivity index (χ4v) is 3.36. The van der Waals surface area contributed by atoms with Gasteiger partial charge in [0.25, 0.3) is 0 Å². The summed E-state index contributed by atoms with van der Waals surface area (Å²) in [6, 6.07) is 0. The molecular weight excluding hydrogens is 202 g/mol. The molecule has 15 heavy (non-hydrogen) atoms. The molecule has 0 bridgehead atoms. The van der Waals surface area contributed by atoms with Gasteiger partial charge in [-0.3, -0.25) is 0 Å².